The molecule has 2 aromatic carbocycles. The van der Waals surface area contributed by atoms with Crippen molar-refractivity contribution < 1.29 is 5.11 Å². The molecule has 21 heavy (non-hydrogen) atoms. The maximum Gasteiger partial charge on any atom is 0.270 e. The Morgan fingerprint density at radius 1 is 1.05 bits per heavy atom. The van der Waals surface area contributed by atoms with E-state index in [1.165, 1.54) is 0 Å². The molecule has 3 aromatic rings. The minimum Gasteiger partial charge on any atom is -0.396 e. The molecule has 0 aliphatic rings. The summed E-state index contributed by atoms with van der Waals surface area (Å²) < 4.78 is 0. The average Bonchev–Trinajstić information content (AvgIpc) is 2.53. The van der Waals surface area contributed by atoms with Crippen molar-refractivity contribution in [3.05, 3.63) is 76.2 Å². The number of fused-ring (bicyclic) bond motifs is 1. The van der Waals surface area contributed by atoms with E-state index in [1.807, 2.05) is 54.6 Å². The zero-order chi connectivity index (χ0) is 14.7. The van der Waals surface area contributed by atoms with Crippen molar-refractivity contribution in [1.29, 1.82) is 0 Å². The first kappa shape index (κ1) is 13.5. The van der Waals surface area contributed by atoms with Crippen LogP contribution in [0.15, 0.2) is 59.4 Å². The summed E-state index contributed by atoms with van der Waals surface area (Å²) in [5.74, 6) is -0.305. The molecular weight excluding hydrogens is 264 g/mol. The predicted octanol–water partition coefficient (Wildman–Crippen LogP) is 2.24. The van der Waals surface area contributed by atoms with Gasteiger partial charge in [0.1, 0.15) is 5.69 Å². The molecule has 0 saturated carbocycles. The highest BCUT2D eigenvalue weighted by molar-refractivity contribution is 5.73. The van der Waals surface area contributed by atoms with E-state index in [0.29, 0.717) is 17.6 Å². The van der Waals surface area contributed by atoms with Crippen LogP contribution in [0.2, 0.25) is 0 Å². The summed E-state index contributed by atoms with van der Waals surface area (Å²) >= 11 is 0. The zero-order valence-corrected chi connectivity index (χ0v) is 11.5. The third kappa shape index (κ3) is 2.85. The second kappa shape index (κ2) is 5.89. The lowest BCUT2D eigenvalue weighted by Crippen LogP contribution is -2.22. The number of aromatic nitrogens is 2. The fourth-order valence-electron chi connectivity index (χ4n) is 2.47. The maximum atomic E-state index is 12.2. The normalized spacial score (nSPS) is 12.4. The van der Waals surface area contributed by atoms with E-state index < -0.39 is 0 Å². The first-order chi connectivity index (χ1) is 10.3. The summed E-state index contributed by atoms with van der Waals surface area (Å²) in [7, 11) is 0. The number of aliphatic hydroxyl groups is 1. The lowest BCUT2D eigenvalue weighted by molar-refractivity contribution is 0.261. The van der Waals surface area contributed by atoms with Gasteiger partial charge in [-0.2, -0.15) is 0 Å². The molecule has 1 atom stereocenters. The van der Waals surface area contributed by atoms with Gasteiger partial charge in [0.25, 0.3) is 5.56 Å². The molecule has 3 rings (SSSR count). The predicted molar refractivity (Wildman–Crippen MR) is 82.3 cm³/mol. The van der Waals surface area contributed by atoms with Crippen molar-refractivity contribution in [3.8, 4) is 0 Å². The highest BCUT2D eigenvalue weighted by atomic mass is 16.3. The Morgan fingerprint density at radius 2 is 1.76 bits per heavy atom. The third-order valence-electron chi connectivity index (χ3n) is 3.56. The first-order valence-electron chi connectivity index (χ1n) is 6.91. The number of hydrogen-bond donors (Lipinski definition) is 2. The molecule has 1 unspecified atom stereocenters. The van der Waals surface area contributed by atoms with Gasteiger partial charge in [0, 0.05) is 5.92 Å². The molecule has 4 heteroatoms. The molecule has 1 heterocycles. The van der Waals surface area contributed by atoms with Crippen LogP contribution in [0.3, 0.4) is 0 Å². The van der Waals surface area contributed by atoms with E-state index in [0.717, 1.165) is 11.1 Å². The maximum absolute atomic E-state index is 12.2. The van der Waals surface area contributed by atoms with Gasteiger partial charge in [-0.25, -0.2) is 4.98 Å². The van der Waals surface area contributed by atoms with Gasteiger partial charge in [-0.1, -0.05) is 42.5 Å². The fraction of sp³-hybridized carbons (Fsp3) is 0.176. The summed E-state index contributed by atoms with van der Waals surface area (Å²) in [5.41, 5.74) is 2.68. The largest absolute Gasteiger partial charge is 0.396 e. The van der Waals surface area contributed by atoms with Crippen molar-refractivity contribution in [1.82, 2.24) is 9.97 Å². The van der Waals surface area contributed by atoms with Crippen molar-refractivity contribution in [2.45, 2.75) is 12.3 Å². The number of rotatable bonds is 4. The molecule has 0 spiro atoms. The number of benzene rings is 2. The van der Waals surface area contributed by atoms with E-state index in [-0.39, 0.29) is 18.1 Å². The quantitative estimate of drug-likeness (QED) is 0.770. The fourth-order valence-corrected chi connectivity index (χ4v) is 2.47. The molecule has 0 fully saturated rings. The minimum absolute atomic E-state index is 0.108. The van der Waals surface area contributed by atoms with Crippen LogP contribution >= 0.6 is 0 Å². The number of aliphatic hydroxyl groups excluding tert-OH is 1. The van der Waals surface area contributed by atoms with Gasteiger partial charge >= 0.3 is 0 Å². The first-order valence-corrected chi connectivity index (χ1v) is 6.91. The summed E-state index contributed by atoms with van der Waals surface area (Å²) in [6.45, 7) is -0.108. The van der Waals surface area contributed by atoms with Gasteiger partial charge < -0.3 is 10.1 Å². The van der Waals surface area contributed by atoms with E-state index in [9.17, 15) is 9.90 Å². The van der Waals surface area contributed by atoms with Crippen LogP contribution in [-0.2, 0) is 6.42 Å². The number of para-hydroxylation sites is 2. The highest BCUT2D eigenvalue weighted by Gasteiger charge is 2.17. The summed E-state index contributed by atoms with van der Waals surface area (Å²) in [5, 5.41) is 9.64. The molecule has 2 N–H and O–H groups in total. The zero-order valence-electron chi connectivity index (χ0n) is 11.5. The van der Waals surface area contributed by atoms with Crippen LogP contribution in [0.5, 0.6) is 0 Å². The molecule has 0 bridgehead atoms. The number of H-pyrrole nitrogens is 1. The standard InChI is InChI=1S/C17H16N2O2/c20-11-13(10-12-6-2-1-3-7-12)16-17(21)19-15-9-5-4-8-14(15)18-16/h1-9,13,20H,10-11H2,(H,19,21). The van der Waals surface area contributed by atoms with Gasteiger partial charge in [-0.05, 0) is 24.1 Å². The lowest BCUT2D eigenvalue weighted by atomic mass is 9.97. The Bertz CT molecular complexity index is 796. The smallest absolute Gasteiger partial charge is 0.270 e. The van der Waals surface area contributed by atoms with E-state index in [2.05, 4.69) is 9.97 Å². The van der Waals surface area contributed by atoms with Crippen LogP contribution < -0.4 is 5.56 Å². The molecule has 0 aliphatic heterocycles. The molecule has 106 valence electrons. The van der Waals surface area contributed by atoms with Gasteiger partial charge in [0.05, 0.1) is 17.6 Å². The molecule has 0 radical (unpaired) electrons. The molecular formula is C17H16N2O2. The highest BCUT2D eigenvalue weighted by Crippen LogP contribution is 2.17. The Morgan fingerprint density at radius 3 is 2.52 bits per heavy atom. The van der Waals surface area contributed by atoms with Crippen LogP contribution in [0.1, 0.15) is 17.2 Å². The topological polar surface area (TPSA) is 66.0 Å². The second-order valence-electron chi connectivity index (χ2n) is 5.04. The van der Waals surface area contributed by atoms with Crippen molar-refractivity contribution >= 4 is 11.0 Å². The molecule has 1 aromatic heterocycles. The Balaban J connectivity index is 2.00. The van der Waals surface area contributed by atoms with Crippen LogP contribution in [0, 0.1) is 0 Å². The van der Waals surface area contributed by atoms with Crippen molar-refractivity contribution in [3.63, 3.8) is 0 Å². The van der Waals surface area contributed by atoms with E-state index >= 15 is 0 Å². The monoisotopic (exact) mass is 280 g/mol. The second-order valence-corrected chi connectivity index (χ2v) is 5.04. The third-order valence-corrected chi connectivity index (χ3v) is 3.56. The Hall–Kier alpha value is -2.46. The van der Waals surface area contributed by atoms with E-state index in [4.69, 9.17) is 0 Å². The summed E-state index contributed by atoms with van der Waals surface area (Å²) in [4.78, 5) is 19.5. The van der Waals surface area contributed by atoms with E-state index in [1.54, 1.807) is 0 Å². The van der Waals surface area contributed by atoms with Gasteiger partial charge in [-0.3, -0.25) is 4.79 Å². The number of aromatic amines is 1. The number of hydrogen-bond acceptors (Lipinski definition) is 3. The molecule has 4 nitrogen and oxygen atoms in total. The van der Waals surface area contributed by atoms with Gasteiger partial charge in [0.15, 0.2) is 0 Å². The molecule has 0 aliphatic carbocycles. The van der Waals surface area contributed by atoms with Crippen LogP contribution in [0.25, 0.3) is 11.0 Å². The van der Waals surface area contributed by atoms with Crippen molar-refractivity contribution in [2.24, 2.45) is 0 Å². The van der Waals surface area contributed by atoms with Gasteiger partial charge in [0.2, 0.25) is 0 Å². The Labute approximate surface area is 122 Å². The lowest BCUT2D eigenvalue weighted by Gasteiger charge is -2.13. The van der Waals surface area contributed by atoms with Crippen LogP contribution in [0.4, 0.5) is 0 Å². The minimum atomic E-state index is -0.305. The summed E-state index contributed by atoms with van der Waals surface area (Å²) in [6.07, 6.45) is 0.589. The molecule has 0 saturated heterocycles. The van der Waals surface area contributed by atoms with Crippen LogP contribution in [-0.4, -0.2) is 21.7 Å². The number of nitrogens with zero attached hydrogens (tertiary/aromatic N) is 1. The molecule has 0 amide bonds. The SMILES string of the molecule is O=c1[nH]c2ccccc2nc1C(CO)Cc1ccccc1. The Kier molecular flexibility index (Phi) is 3.79. The van der Waals surface area contributed by atoms with Gasteiger partial charge in [-0.15, -0.1) is 0 Å². The number of nitrogens with one attached hydrogen (secondary N) is 1. The van der Waals surface area contributed by atoms with Crippen molar-refractivity contribution in [2.75, 3.05) is 6.61 Å². The summed E-state index contributed by atoms with van der Waals surface area (Å²) in [6, 6.07) is 17.2. The average molecular weight is 280 g/mol.